The monoisotopic (exact) mass is 249 g/mol. The molecule has 0 bridgehead atoms. The van der Waals surface area contributed by atoms with Crippen molar-refractivity contribution >= 4 is 0 Å². The molecule has 0 aromatic rings. The zero-order valence-corrected chi connectivity index (χ0v) is 11.9. The van der Waals surface area contributed by atoms with Crippen molar-refractivity contribution in [2.45, 2.75) is 64.5 Å². The van der Waals surface area contributed by atoms with Crippen molar-refractivity contribution in [1.82, 2.24) is 5.32 Å². The summed E-state index contributed by atoms with van der Waals surface area (Å²) >= 11 is 0. The lowest BCUT2D eigenvalue weighted by Crippen LogP contribution is -2.69. The third kappa shape index (κ3) is 2.14. The van der Waals surface area contributed by atoms with Crippen molar-refractivity contribution in [2.75, 3.05) is 13.2 Å². The second kappa shape index (κ2) is 4.97. The lowest BCUT2D eigenvalue weighted by Gasteiger charge is -2.60. The molecule has 18 heavy (non-hydrogen) atoms. The molecule has 2 nitrogen and oxygen atoms in total. The van der Waals surface area contributed by atoms with E-state index in [0.29, 0.717) is 17.6 Å². The summed E-state index contributed by atoms with van der Waals surface area (Å²) in [5.41, 5.74) is 2.01. The van der Waals surface area contributed by atoms with Crippen molar-refractivity contribution in [2.24, 2.45) is 11.3 Å². The zero-order chi connectivity index (χ0) is 12.6. The van der Waals surface area contributed by atoms with Crippen molar-refractivity contribution in [1.29, 1.82) is 0 Å². The average molecular weight is 249 g/mol. The van der Waals surface area contributed by atoms with Gasteiger partial charge in [-0.05, 0) is 45.1 Å². The van der Waals surface area contributed by atoms with Gasteiger partial charge in [0, 0.05) is 24.0 Å². The molecule has 2 aliphatic carbocycles. The van der Waals surface area contributed by atoms with E-state index < -0.39 is 0 Å². The fraction of sp³-hybridized carbons (Fsp3) is 0.875. The van der Waals surface area contributed by atoms with Crippen LogP contribution >= 0.6 is 0 Å². The van der Waals surface area contributed by atoms with Gasteiger partial charge in [-0.25, -0.2) is 0 Å². The highest BCUT2D eigenvalue weighted by Gasteiger charge is 2.57. The molecule has 102 valence electrons. The molecule has 2 heteroatoms. The second-order valence-electron chi connectivity index (χ2n) is 6.86. The van der Waals surface area contributed by atoms with Crippen LogP contribution in [0.5, 0.6) is 0 Å². The number of hydrogen-bond donors (Lipinski definition) is 1. The maximum absolute atomic E-state index is 5.95. The van der Waals surface area contributed by atoms with Gasteiger partial charge >= 0.3 is 0 Å². The molecule has 1 heterocycles. The lowest BCUT2D eigenvalue weighted by atomic mass is 9.55. The molecule has 3 unspecified atom stereocenters. The van der Waals surface area contributed by atoms with E-state index in [1.165, 1.54) is 38.5 Å². The third-order valence-electron chi connectivity index (χ3n) is 5.28. The molecule has 1 N–H and O–H groups in total. The smallest absolute Gasteiger partial charge is 0.0684 e. The van der Waals surface area contributed by atoms with Crippen LogP contribution in [0.3, 0.4) is 0 Å². The van der Waals surface area contributed by atoms with E-state index in [4.69, 9.17) is 4.74 Å². The Balaban J connectivity index is 1.49. The maximum Gasteiger partial charge on any atom is 0.0684 e. The van der Waals surface area contributed by atoms with Crippen molar-refractivity contribution in [3.05, 3.63) is 11.6 Å². The lowest BCUT2D eigenvalue weighted by molar-refractivity contribution is -0.192. The summed E-state index contributed by atoms with van der Waals surface area (Å²) in [4.78, 5) is 0. The van der Waals surface area contributed by atoms with Crippen molar-refractivity contribution in [3.8, 4) is 0 Å². The van der Waals surface area contributed by atoms with Gasteiger partial charge in [-0.3, -0.25) is 0 Å². The number of hydrogen-bond acceptors (Lipinski definition) is 2. The molecular weight excluding hydrogens is 222 g/mol. The fourth-order valence-corrected chi connectivity index (χ4v) is 4.29. The first-order chi connectivity index (χ1) is 8.69. The van der Waals surface area contributed by atoms with Crippen LogP contribution in [-0.2, 0) is 4.74 Å². The van der Waals surface area contributed by atoms with Crippen LogP contribution in [0.15, 0.2) is 11.6 Å². The molecule has 3 rings (SSSR count). The summed E-state index contributed by atoms with van der Waals surface area (Å²) in [6.45, 7) is 6.87. The minimum absolute atomic E-state index is 0.329. The van der Waals surface area contributed by atoms with Gasteiger partial charge in [-0.2, -0.15) is 0 Å². The van der Waals surface area contributed by atoms with Crippen LogP contribution in [0.2, 0.25) is 0 Å². The molecule has 0 amide bonds. The molecule has 0 spiro atoms. The number of allylic oxidation sites excluding steroid dienone is 1. The van der Waals surface area contributed by atoms with Gasteiger partial charge in [0.25, 0.3) is 0 Å². The van der Waals surface area contributed by atoms with E-state index in [1.807, 2.05) is 0 Å². The molecule has 0 radical (unpaired) electrons. The Bertz CT molecular complexity index is 334. The normalized spacial score (nSPS) is 37.9. The Morgan fingerprint density at radius 3 is 3.06 bits per heavy atom. The Morgan fingerprint density at radius 2 is 2.28 bits per heavy atom. The van der Waals surface area contributed by atoms with Crippen LogP contribution in [0.25, 0.3) is 0 Å². The van der Waals surface area contributed by atoms with Crippen LogP contribution in [0, 0.1) is 11.3 Å². The second-order valence-corrected chi connectivity index (χ2v) is 6.86. The predicted molar refractivity (Wildman–Crippen MR) is 74.6 cm³/mol. The van der Waals surface area contributed by atoms with Gasteiger partial charge in [-0.1, -0.05) is 25.5 Å². The van der Waals surface area contributed by atoms with Gasteiger partial charge in [0.1, 0.15) is 0 Å². The quantitative estimate of drug-likeness (QED) is 0.772. The molecule has 1 saturated heterocycles. The minimum Gasteiger partial charge on any atom is -0.377 e. The van der Waals surface area contributed by atoms with E-state index in [0.717, 1.165) is 19.1 Å². The third-order valence-corrected chi connectivity index (χ3v) is 5.28. The van der Waals surface area contributed by atoms with E-state index >= 15 is 0 Å². The number of rotatable bonds is 4. The van der Waals surface area contributed by atoms with Crippen LogP contribution in [0.4, 0.5) is 0 Å². The minimum atomic E-state index is 0.329. The maximum atomic E-state index is 5.95. The first kappa shape index (κ1) is 12.7. The summed E-state index contributed by atoms with van der Waals surface area (Å²) in [7, 11) is 0. The molecule has 3 aliphatic rings. The number of fused-ring (bicyclic) bond motifs is 1. The van der Waals surface area contributed by atoms with Gasteiger partial charge < -0.3 is 10.1 Å². The predicted octanol–water partition coefficient (Wildman–Crippen LogP) is 3.28. The standard InChI is InChI=1S/C16H27NO/c1-16(2)14(13-8-5-11-18-15(13)16)17-10-9-12-6-3-4-7-12/h6,13-15,17H,3-5,7-11H2,1-2H3. The van der Waals surface area contributed by atoms with E-state index in [-0.39, 0.29) is 0 Å². The number of nitrogens with one attached hydrogen (secondary N) is 1. The summed E-state index contributed by atoms with van der Waals surface area (Å²) in [5.74, 6) is 0.770. The average Bonchev–Trinajstić information content (AvgIpc) is 2.87. The van der Waals surface area contributed by atoms with Gasteiger partial charge in [0.15, 0.2) is 0 Å². The number of ether oxygens (including phenoxy) is 1. The summed E-state index contributed by atoms with van der Waals surface area (Å²) in [6, 6.07) is 0.671. The molecule has 1 saturated carbocycles. The largest absolute Gasteiger partial charge is 0.377 e. The summed E-state index contributed by atoms with van der Waals surface area (Å²) in [5, 5.41) is 3.81. The molecule has 0 aromatic carbocycles. The molecule has 2 fully saturated rings. The van der Waals surface area contributed by atoms with Crippen LogP contribution in [0.1, 0.15) is 52.4 Å². The fourth-order valence-electron chi connectivity index (χ4n) is 4.29. The Hall–Kier alpha value is -0.340. The molecule has 0 aromatic heterocycles. The van der Waals surface area contributed by atoms with Gasteiger partial charge in [0.05, 0.1) is 6.10 Å². The Kier molecular flexibility index (Phi) is 3.50. The Labute approximate surface area is 111 Å². The first-order valence-corrected chi connectivity index (χ1v) is 7.72. The highest BCUT2D eigenvalue weighted by molar-refractivity contribution is 5.11. The van der Waals surface area contributed by atoms with Crippen molar-refractivity contribution in [3.63, 3.8) is 0 Å². The van der Waals surface area contributed by atoms with Gasteiger partial charge in [-0.15, -0.1) is 0 Å². The molecular formula is C16H27NO. The Morgan fingerprint density at radius 1 is 1.39 bits per heavy atom. The van der Waals surface area contributed by atoms with Crippen LogP contribution in [-0.4, -0.2) is 25.3 Å². The molecule has 1 aliphatic heterocycles. The molecule has 3 atom stereocenters. The zero-order valence-electron chi connectivity index (χ0n) is 11.9. The van der Waals surface area contributed by atoms with Crippen LogP contribution < -0.4 is 5.32 Å². The summed E-state index contributed by atoms with van der Waals surface area (Å²) < 4.78 is 5.95. The van der Waals surface area contributed by atoms with Crippen molar-refractivity contribution < 1.29 is 4.74 Å². The van der Waals surface area contributed by atoms with E-state index in [9.17, 15) is 0 Å². The summed E-state index contributed by atoms with van der Waals surface area (Å²) in [6.07, 6.45) is 10.8. The first-order valence-electron chi connectivity index (χ1n) is 7.72. The highest BCUT2D eigenvalue weighted by atomic mass is 16.5. The van der Waals surface area contributed by atoms with Gasteiger partial charge in [0.2, 0.25) is 0 Å². The van der Waals surface area contributed by atoms with E-state index in [2.05, 4.69) is 25.2 Å². The highest BCUT2D eigenvalue weighted by Crippen LogP contribution is 2.51. The SMILES string of the molecule is CC1(C)C(NCCC2=CCCC2)C2CCCOC21. The van der Waals surface area contributed by atoms with E-state index in [1.54, 1.807) is 5.57 Å². The topological polar surface area (TPSA) is 21.3 Å².